The molecule has 0 atom stereocenters. The molecule has 0 saturated carbocycles. The molecule has 2 aromatic rings. The second-order valence-electron chi connectivity index (χ2n) is 6.89. The third-order valence-electron chi connectivity index (χ3n) is 5.03. The van der Waals surface area contributed by atoms with Gasteiger partial charge in [-0.25, -0.2) is 18.2 Å². The highest BCUT2D eigenvalue weighted by molar-refractivity contribution is 7.89. The highest BCUT2D eigenvalue weighted by Crippen LogP contribution is 2.31. The molecule has 0 unspecified atom stereocenters. The molecule has 0 spiro atoms. The van der Waals surface area contributed by atoms with Crippen molar-refractivity contribution < 1.29 is 27.4 Å². The molecule has 0 bridgehead atoms. The lowest BCUT2D eigenvalue weighted by Gasteiger charge is -2.23. The van der Waals surface area contributed by atoms with Crippen molar-refractivity contribution in [3.63, 3.8) is 0 Å². The third kappa shape index (κ3) is 5.08. The van der Waals surface area contributed by atoms with Crippen LogP contribution in [0.15, 0.2) is 41.4 Å². The van der Waals surface area contributed by atoms with Crippen LogP contribution in [-0.2, 0) is 14.8 Å². The summed E-state index contributed by atoms with van der Waals surface area (Å²) in [5.74, 6) is 1.12. The number of sulfonamides is 1. The summed E-state index contributed by atoms with van der Waals surface area (Å²) in [6, 6.07) is 8.01. The van der Waals surface area contributed by atoms with Gasteiger partial charge in [0.1, 0.15) is 5.82 Å². The predicted molar refractivity (Wildman–Crippen MR) is 115 cm³/mol. The van der Waals surface area contributed by atoms with Crippen LogP contribution in [0.25, 0.3) is 0 Å². The van der Waals surface area contributed by atoms with Gasteiger partial charge in [-0.05, 0) is 37.6 Å². The second-order valence-corrected chi connectivity index (χ2v) is 8.82. The molecule has 1 aromatic heterocycles. The zero-order valence-corrected chi connectivity index (χ0v) is 18.7. The lowest BCUT2D eigenvalue weighted by molar-refractivity contribution is 0.0526. The highest BCUT2D eigenvalue weighted by Gasteiger charge is 2.28. The van der Waals surface area contributed by atoms with E-state index in [1.807, 2.05) is 4.90 Å². The molecular weight excluding hydrogens is 422 g/mol. The first-order valence-electron chi connectivity index (χ1n) is 10.0. The second kappa shape index (κ2) is 9.97. The molecule has 1 fully saturated rings. The Kier molecular flexibility index (Phi) is 7.34. The van der Waals surface area contributed by atoms with E-state index in [9.17, 15) is 13.2 Å². The van der Waals surface area contributed by atoms with E-state index in [0.29, 0.717) is 62.1 Å². The van der Waals surface area contributed by atoms with Crippen molar-refractivity contribution in [2.75, 3.05) is 51.9 Å². The molecular formula is C21H27N3O6S. The molecule has 0 aliphatic carbocycles. The lowest BCUT2D eigenvalue weighted by atomic mass is 10.2. The molecule has 1 aliphatic heterocycles. The maximum absolute atomic E-state index is 13.2. The Morgan fingerprint density at radius 2 is 1.81 bits per heavy atom. The van der Waals surface area contributed by atoms with Gasteiger partial charge in [-0.3, -0.25) is 0 Å². The summed E-state index contributed by atoms with van der Waals surface area (Å²) in [6.45, 7) is 3.91. The number of methoxy groups -OCH3 is 2. The smallest absolute Gasteiger partial charge is 0.339 e. The fourth-order valence-electron chi connectivity index (χ4n) is 3.40. The van der Waals surface area contributed by atoms with E-state index in [2.05, 4.69) is 4.98 Å². The molecule has 0 amide bonds. The number of hydrogen-bond acceptors (Lipinski definition) is 8. The monoisotopic (exact) mass is 449 g/mol. The van der Waals surface area contributed by atoms with Crippen LogP contribution in [0.5, 0.6) is 11.5 Å². The van der Waals surface area contributed by atoms with Gasteiger partial charge in [0.25, 0.3) is 0 Å². The Hall–Kier alpha value is -2.85. The normalized spacial score (nSPS) is 15.3. The van der Waals surface area contributed by atoms with Crippen molar-refractivity contribution in [1.29, 1.82) is 0 Å². The van der Waals surface area contributed by atoms with E-state index in [0.717, 1.165) is 0 Å². The zero-order chi connectivity index (χ0) is 22.4. The number of ether oxygens (including phenoxy) is 3. The van der Waals surface area contributed by atoms with Gasteiger partial charge in [-0.1, -0.05) is 0 Å². The summed E-state index contributed by atoms with van der Waals surface area (Å²) in [4.78, 5) is 18.3. The number of esters is 1. The maximum atomic E-state index is 13.2. The standard InChI is InChI=1S/C21H27N3O6S/c1-4-30-21(25)16-6-9-20(22-15-16)23-10-5-11-24(13-12-23)31(26,27)17-7-8-18(28-2)19(14-17)29-3/h6-9,14-15H,4-5,10-13H2,1-3H3. The largest absolute Gasteiger partial charge is 0.493 e. The van der Waals surface area contributed by atoms with Crippen molar-refractivity contribution in [3.05, 3.63) is 42.1 Å². The molecule has 31 heavy (non-hydrogen) atoms. The van der Waals surface area contributed by atoms with Crippen LogP contribution >= 0.6 is 0 Å². The number of pyridine rings is 1. The minimum absolute atomic E-state index is 0.163. The van der Waals surface area contributed by atoms with Gasteiger partial charge in [-0.15, -0.1) is 0 Å². The van der Waals surface area contributed by atoms with Crippen LogP contribution in [0, 0.1) is 0 Å². The molecule has 0 radical (unpaired) electrons. The zero-order valence-electron chi connectivity index (χ0n) is 17.9. The van der Waals surface area contributed by atoms with Crippen molar-refractivity contribution in [2.24, 2.45) is 0 Å². The first-order valence-corrected chi connectivity index (χ1v) is 11.4. The molecule has 10 heteroatoms. The van der Waals surface area contributed by atoms with Crippen LogP contribution < -0.4 is 14.4 Å². The number of rotatable bonds is 7. The SMILES string of the molecule is CCOC(=O)c1ccc(N2CCCN(S(=O)(=O)c3ccc(OC)c(OC)c3)CC2)nc1. The van der Waals surface area contributed by atoms with Gasteiger partial charge in [-0.2, -0.15) is 4.31 Å². The average molecular weight is 450 g/mol. The van der Waals surface area contributed by atoms with E-state index in [-0.39, 0.29) is 4.90 Å². The fourth-order valence-corrected chi connectivity index (χ4v) is 4.88. The molecule has 1 aromatic carbocycles. The molecule has 0 N–H and O–H groups in total. The number of aromatic nitrogens is 1. The van der Waals surface area contributed by atoms with Crippen molar-refractivity contribution in [3.8, 4) is 11.5 Å². The number of anilines is 1. The van der Waals surface area contributed by atoms with Gasteiger partial charge >= 0.3 is 5.97 Å². The molecule has 1 aliphatic rings. The number of benzene rings is 1. The Labute approximate surface area is 182 Å². The summed E-state index contributed by atoms with van der Waals surface area (Å²) in [7, 11) is -0.710. The lowest BCUT2D eigenvalue weighted by Crippen LogP contribution is -2.35. The van der Waals surface area contributed by atoms with E-state index in [1.165, 1.54) is 36.9 Å². The summed E-state index contributed by atoms with van der Waals surface area (Å²) in [5, 5.41) is 0. The molecule has 9 nitrogen and oxygen atoms in total. The first kappa shape index (κ1) is 22.8. The summed E-state index contributed by atoms with van der Waals surface area (Å²) < 4.78 is 43.2. The van der Waals surface area contributed by atoms with Crippen molar-refractivity contribution in [2.45, 2.75) is 18.2 Å². The Morgan fingerprint density at radius 3 is 2.45 bits per heavy atom. The van der Waals surface area contributed by atoms with E-state index >= 15 is 0 Å². The topological polar surface area (TPSA) is 98.3 Å². The highest BCUT2D eigenvalue weighted by atomic mass is 32.2. The summed E-state index contributed by atoms with van der Waals surface area (Å²) in [6.07, 6.45) is 2.13. The first-order chi connectivity index (χ1) is 14.9. The number of hydrogen-bond donors (Lipinski definition) is 0. The fraction of sp³-hybridized carbons (Fsp3) is 0.429. The molecule has 2 heterocycles. The van der Waals surface area contributed by atoms with Crippen molar-refractivity contribution >= 4 is 21.8 Å². The molecule has 3 rings (SSSR count). The minimum Gasteiger partial charge on any atom is -0.493 e. The van der Waals surface area contributed by atoms with Crippen LogP contribution in [0.4, 0.5) is 5.82 Å². The van der Waals surface area contributed by atoms with Gasteiger partial charge in [0.2, 0.25) is 10.0 Å². The van der Waals surface area contributed by atoms with E-state index < -0.39 is 16.0 Å². The van der Waals surface area contributed by atoms with Gasteiger partial charge < -0.3 is 19.1 Å². The predicted octanol–water partition coefficient (Wildman–Crippen LogP) is 2.18. The quantitative estimate of drug-likeness (QED) is 0.593. The number of carbonyl (C=O) groups is 1. The van der Waals surface area contributed by atoms with E-state index in [4.69, 9.17) is 14.2 Å². The van der Waals surface area contributed by atoms with Crippen LogP contribution in [0.1, 0.15) is 23.7 Å². The maximum Gasteiger partial charge on any atom is 0.339 e. The summed E-state index contributed by atoms with van der Waals surface area (Å²) >= 11 is 0. The molecule has 168 valence electrons. The number of carbonyl (C=O) groups excluding carboxylic acids is 1. The third-order valence-corrected chi connectivity index (χ3v) is 6.93. The van der Waals surface area contributed by atoms with Crippen molar-refractivity contribution in [1.82, 2.24) is 9.29 Å². The Balaban J connectivity index is 1.72. The van der Waals surface area contributed by atoms with Gasteiger partial charge in [0.05, 0.1) is 31.3 Å². The summed E-state index contributed by atoms with van der Waals surface area (Å²) in [5.41, 5.74) is 0.387. The van der Waals surface area contributed by atoms with E-state index in [1.54, 1.807) is 25.1 Å². The van der Waals surface area contributed by atoms with Crippen LogP contribution in [0.3, 0.4) is 0 Å². The average Bonchev–Trinajstić information content (AvgIpc) is 3.05. The number of nitrogens with zero attached hydrogens (tertiary/aromatic N) is 3. The van der Waals surface area contributed by atoms with Gasteiger partial charge in [0, 0.05) is 38.4 Å². The Morgan fingerprint density at radius 1 is 1.03 bits per heavy atom. The Bertz CT molecular complexity index is 1010. The van der Waals surface area contributed by atoms with Gasteiger partial charge in [0.15, 0.2) is 11.5 Å². The van der Waals surface area contributed by atoms with Crippen LogP contribution in [-0.4, -0.2) is 70.7 Å². The van der Waals surface area contributed by atoms with Crippen LogP contribution in [0.2, 0.25) is 0 Å². The molecule has 1 saturated heterocycles. The minimum atomic E-state index is -3.68.